The lowest BCUT2D eigenvalue weighted by atomic mass is 10.1. The van der Waals surface area contributed by atoms with E-state index in [0.29, 0.717) is 0 Å². The third-order valence-corrected chi connectivity index (χ3v) is 1.84. The summed E-state index contributed by atoms with van der Waals surface area (Å²) in [6.07, 6.45) is 0. The molecular formula is C10H12O4. The predicted molar refractivity (Wildman–Crippen MR) is 50.7 cm³/mol. The van der Waals surface area contributed by atoms with Crippen molar-refractivity contribution in [2.75, 3.05) is 14.2 Å². The molecule has 0 atom stereocenters. The Balaban J connectivity index is 3.29. The number of hydrogen-bond donors (Lipinski definition) is 1. The SMILES string of the molecule is COC(=O)c1cc(C)cc(OC)c1O. The molecule has 0 aliphatic heterocycles. The fourth-order valence-electron chi connectivity index (χ4n) is 1.17. The van der Waals surface area contributed by atoms with Gasteiger partial charge < -0.3 is 14.6 Å². The number of aromatic hydroxyl groups is 1. The highest BCUT2D eigenvalue weighted by Gasteiger charge is 2.16. The minimum Gasteiger partial charge on any atom is -0.504 e. The van der Waals surface area contributed by atoms with Crippen LogP contribution in [0.5, 0.6) is 11.5 Å². The van der Waals surface area contributed by atoms with E-state index in [1.54, 1.807) is 19.1 Å². The van der Waals surface area contributed by atoms with Gasteiger partial charge in [-0.15, -0.1) is 0 Å². The summed E-state index contributed by atoms with van der Waals surface area (Å²) < 4.78 is 9.42. The molecule has 0 spiro atoms. The van der Waals surface area contributed by atoms with Crippen LogP contribution in [0.15, 0.2) is 12.1 Å². The number of phenols is 1. The van der Waals surface area contributed by atoms with Crippen molar-refractivity contribution in [1.82, 2.24) is 0 Å². The quantitative estimate of drug-likeness (QED) is 0.728. The Hall–Kier alpha value is -1.71. The molecule has 0 radical (unpaired) electrons. The van der Waals surface area contributed by atoms with E-state index in [2.05, 4.69) is 4.74 Å². The van der Waals surface area contributed by atoms with Gasteiger partial charge in [-0.3, -0.25) is 0 Å². The van der Waals surface area contributed by atoms with Crippen molar-refractivity contribution in [3.8, 4) is 11.5 Å². The van der Waals surface area contributed by atoms with Gasteiger partial charge in [0.05, 0.1) is 14.2 Å². The maximum atomic E-state index is 11.2. The second kappa shape index (κ2) is 4.00. The summed E-state index contributed by atoms with van der Waals surface area (Å²) in [6, 6.07) is 3.19. The molecule has 0 fully saturated rings. The minimum absolute atomic E-state index is 0.115. The highest BCUT2D eigenvalue weighted by molar-refractivity contribution is 5.93. The highest BCUT2D eigenvalue weighted by Crippen LogP contribution is 2.31. The number of carbonyl (C=O) groups excluding carboxylic acids is 1. The van der Waals surface area contributed by atoms with E-state index in [1.165, 1.54) is 14.2 Å². The minimum atomic E-state index is -0.579. The van der Waals surface area contributed by atoms with Gasteiger partial charge in [-0.05, 0) is 24.6 Å². The molecule has 1 aromatic carbocycles. The van der Waals surface area contributed by atoms with Gasteiger partial charge in [-0.1, -0.05) is 0 Å². The van der Waals surface area contributed by atoms with E-state index < -0.39 is 5.97 Å². The molecule has 76 valence electrons. The first-order valence-electron chi connectivity index (χ1n) is 4.06. The van der Waals surface area contributed by atoms with Crippen LogP contribution in [-0.4, -0.2) is 25.3 Å². The van der Waals surface area contributed by atoms with Crippen LogP contribution >= 0.6 is 0 Å². The van der Waals surface area contributed by atoms with Gasteiger partial charge in [0, 0.05) is 0 Å². The average molecular weight is 196 g/mol. The molecule has 1 rings (SSSR count). The second-order valence-corrected chi connectivity index (χ2v) is 2.85. The Labute approximate surface area is 82.1 Å². The summed E-state index contributed by atoms with van der Waals surface area (Å²) in [5.74, 6) is -0.500. The van der Waals surface area contributed by atoms with Gasteiger partial charge in [0.1, 0.15) is 5.56 Å². The normalized spacial score (nSPS) is 9.64. The lowest BCUT2D eigenvalue weighted by Gasteiger charge is -2.08. The van der Waals surface area contributed by atoms with Gasteiger partial charge in [0.25, 0.3) is 0 Å². The molecule has 0 aliphatic carbocycles. The van der Waals surface area contributed by atoms with Crippen molar-refractivity contribution >= 4 is 5.97 Å². The van der Waals surface area contributed by atoms with Crippen LogP contribution in [0.2, 0.25) is 0 Å². The molecule has 4 nitrogen and oxygen atoms in total. The van der Waals surface area contributed by atoms with E-state index in [4.69, 9.17) is 4.74 Å². The average Bonchev–Trinajstić information content (AvgIpc) is 2.19. The van der Waals surface area contributed by atoms with Gasteiger partial charge in [0.15, 0.2) is 11.5 Å². The van der Waals surface area contributed by atoms with E-state index in [9.17, 15) is 9.90 Å². The van der Waals surface area contributed by atoms with Crippen LogP contribution in [0.25, 0.3) is 0 Å². The maximum Gasteiger partial charge on any atom is 0.341 e. The van der Waals surface area contributed by atoms with Gasteiger partial charge in [-0.25, -0.2) is 4.79 Å². The first kappa shape index (κ1) is 10.4. The molecule has 0 bridgehead atoms. The largest absolute Gasteiger partial charge is 0.504 e. The lowest BCUT2D eigenvalue weighted by molar-refractivity contribution is 0.0596. The number of carbonyl (C=O) groups is 1. The zero-order valence-corrected chi connectivity index (χ0v) is 8.33. The summed E-state index contributed by atoms with van der Waals surface area (Å²) >= 11 is 0. The number of ether oxygens (including phenoxy) is 2. The van der Waals surface area contributed by atoms with Crippen molar-refractivity contribution < 1.29 is 19.4 Å². The van der Waals surface area contributed by atoms with Crippen molar-refractivity contribution in [2.45, 2.75) is 6.92 Å². The van der Waals surface area contributed by atoms with Crippen LogP contribution in [-0.2, 0) is 4.74 Å². The Morgan fingerprint density at radius 2 is 2.00 bits per heavy atom. The topological polar surface area (TPSA) is 55.8 Å². The molecule has 1 N–H and O–H groups in total. The summed E-state index contributed by atoms with van der Waals surface area (Å²) in [5, 5.41) is 9.59. The molecule has 0 heterocycles. The Morgan fingerprint density at radius 1 is 1.36 bits per heavy atom. The molecule has 0 saturated carbocycles. The molecule has 1 aromatic rings. The monoisotopic (exact) mass is 196 g/mol. The molecule has 0 aromatic heterocycles. The van der Waals surface area contributed by atoms with Crippen LogP contribution < -0.4 is 4.74 Å². The third-order valence-electron chi connectivity index (χ3n) is 1.84. The van der Waals surface area contributed by atoms with E-state index in [1.807, 2.05) is 0 Å². The number of hydrogen-bond acceptors (Lipinski definition) is 4. The Bertz CT molecular complexity index is 357. The lowest BCUT2D eigenvalue weighted by Crippen LogP contribution is -2.03. The zero-order valence-electron chi connectivity index (χ0n) is 8.33. The molecule has 0 unspecified atom stereocenters. The number of methoxy groups -OCH3 is 2. The van der Waals surface area contributed by atoms with Crippen molar-refractivity contribution in [3.63, 3.8) is 0 Å². The first-order chi connectivity index (χ1) is 6.60. The Morgan fingerprint density at radius 3 is 2.50 bits per heavy atom. The van der Waals surface area contributed by atoms with Crippen molar-refractivity contribution in [1.29, 1.82) is 0 Å². The number of aryl methyl sites for hydroxylation is 1. The Kier molecular flexibility index (Phi) is 2.96. The molecule has 0 saturated heterocycles. The van der Waals surface area contributed by atoms with Crippen LogP contribution in [0.3, 0.4) is 0 Å². The molecule has 0 amide bonds. The molecule has 0 aliphatic rings. The highest BCUT2D eigenvalue weighted by atomic mass is 16.5. The summed E-state index contributed by atoms with van der Waals surface area (Å²) in [4.78, 5) is 11.2. The van der Waals surface area contributed by atoms with Crippen LogP contribution in [0.4, 0.5) is 0 Å². The molecule has 14 heavy (non-hydrogen) atoms. The van der Waals surface area contributed by atoms with Crippen LogP contribution in [0.1, 0.15) is 15.9 Å². The smallest absolute Gasteiger partial charge is 0.341 e. The van der Waals surface area contributed by atoms with Crippen LogP contribution in [0, 0.1) is 6.92 Å². The van der Waals surface area contributed by atoms with Gasteiger partial charge >= 0.3 is 5.97 Å². The number of benzene rings is 1. The molecule has 4 heteroatoms. The summed E-state index contributed by atoms with van der Waals surface area (Å²) in [5.41, 5.74) is 0.935. The first-order valence-corrected chi connectivity index (χ1v) is 4.06. The maximum absolute atomic E-state index is 11.2. The fourth-order valence-corrected chi connectivity index (χ4v) is 1.17. The predicted octanol–water partition coefficient (Wildman–Crippen LogP) is 1.50. The summed E-state index contributed by atoms with van der Waals surface area (Å²) in [6.45, 7) is 1.80. The second-order valence-electron chi connectivity index (χ2n) is 2.85. The fraction of sp³-hybridized carbons (Fsp3) is 0.300. The number of phenolic OH excluding ortho intramolecular Hbond substituents is 1. The zero-order chi connectivity index (χ0) is 10.7. The van der Waals surface area contributed by atoms with Crippen molar-refractivity contribution in [2.24, 2.45) is 0 Å². The third kappa shape index (κ3) is 1.79. The van der Waals surface area contributed by atoms with Crippen molar-refractivity contribution in [3.05, 3.63) is 23.3 Å². The number of esters is 1. The van der Waals surface area contributed by atoms with Gasteiger partial charge in [-0.2, -0.15) is 0 Å². The number of rotatable bonds is 2. The van der Waals surface area contributed by atoms with E-state index in [0.717, 1.165) is 5.56 Å². The summed E-state index contributed by atoms with van der Waals surface area (Å²) in [7, 11) is 2.69. The van der Waals surface area contributed by atoms with E-state index >= 15 is 0 Å². The standard InChI is InChI=1S/C10H12O4/c1-6-4-7(10(12)14-3)9(11)8(5-6)13-2/h4-5,11H,1-3H3. The van der Waals surface area contributed by atoms with E-state index in [-0.39, 0.29) is 17.1 Å². The molecular weight excluding hydrogens is 184 g/mol. The van der Waals surface area contributed by atoms with Gasteiger partial charge in [0.2, 0.25) is 0 Å².